The third kappa shape index (κ3) is 5.68. The predicted molar refractivity (Wildman–Crippen MR) is 123 cm³/mol. The number of carbonyl (C=O) groups excluding carboxylic acids is 1. The van der Waals surface area contributed by atoms with Crippen LogP contribution in [0.4, 0.5) is 5.69 Å². The number of rotatable bonds is 9. The molecule has 0 spiro atoms. The van der Waals surface area contributed by atoms with E-state index in [1.807, 2.05) is 24.3 Å². The van der Waals surface area contributed by atoms with Gasteiger partial charge in [0.25, 0.3) is 0 Å². The Morgan fingerprint density at radius 1 is 1.17 bits per heavy atom. The van der Waals surface area contributed by atoms with Gasteiger partial charge in [-0.2, -0.15) is 0 Å². The number of benzene rings is 2. The normalized spacial score (nSPS) is 10.8. The van der Waals surface area contributed by atoms with E-state index < -0.39 is 0 Å². The number of methoxy groups -OCH3 is 1. The fourth-order valence-electron chi connectivity index (χ4n) is 2.77. The number of nitrogens with zero attached hydrogens (tertiary/aromatic N) is 3. The van der Waals surface area contributed by atoms with E-state index in [0.29, 0.717) is 20.9 Å². The SMILES string of the molecule is CCCCn1c(SCC(=O)Nc2ccc(Cl)cc2Cl)nnc1-c1ccc(OC)cc1. The molecule has 30 heavy (non-hydrogen) atoms. The summed E-state index contributed by atoms with van der Waals surface area (Å²) in [6, 6.07) is 12.6. The maximum Gasteiger partial charge on any atom is 0.234 e. The minimum atomic E-state index is -0.180. The van der Waals surface area contributed by atoms with Crippen LogP contribution in [0.15, 0.2) is 47.6 Å². The molecule has 0 unspecified atom stereocenters. The molecule has 3 aromatic rings. The lowest BCUT2D eigenvalue weighted by molar-refractivity contribution is -0.113. The molecule has 9 heteroatoms. The van der Waals surface area contributed by atoms with Crippen molar-refractivity contribution in [2.75, 3.05) is 18.2 Å². The standard InChI is InChI=1S/C21H22Cl2N4O2S/c1-3-4-11-27-20(14-5-8-16(29-2)9-6-14)25-26-21(27)30-13-19(28)24-18-10-7-15(22)12-17(18)23/h5-10,12H,3-4,11,13H2,1-2H3,(H,24,28). The van der Waals surface area contributed by atoms with Crippen LogP contribution in [0.1, 0.15) is 19.8 Å². The summed E-state index contributed by atoms with van der Waals surface area (Å²) in [6.45, 7) is 2.91. The maximum absolute atomic E-state index is 12.4. The van der Waals surface area contributed by atoms with E-state index >= 15 is 0 Å². The van der Waals surface area contributed by atoms with Crippen LogP contribution in [-0.2, 0) is 11.3 Å². The van der Waals surface area contributed by atoms with Crippen molar-refractivity contribution >= 4 is 46.6 Å². The van der Waals surface area contributed by atoms with Crippen LogP contribution in [0.3, 0.4) is 0 Å². The monoisotopic (exact) mass is 464 g/mol. The smallest absolute Gasteiger partial charge is 0.234 e. The molecule has 1 N–H and O–H groups in total. The molecule has 0 saturated heterocycles. The lowest BCUT2D eigenvalue weighted by Crippen LogP contribution is -2.15. The summed E-state index contributed by atoms with van der Waals surface area (Å²) in [6.07, 6.45) is 2.03. The van der Waals surface area contributed by atoms with Crippen LogP contribution in [-0.4, -0.2) is 33.5 Å². The molecule has 1 amide bonds. The maximum atomic E-state index is 12.4. The van der Waals surface area contributed by atoms with Gasteiger partial charge >= 0.3 is 0 Å². The van der Waals surface area contributed by atoms with Crippen molar-refractivity contribution in [3.63, 3.8) is 0 Å². The number of thioether (sulfide) groups is 1. The zero-order valence-electron chi connectivity index (χ0n) is 16.7. The first-order valence-corrected chi connectivity index (χ1v) is 11.2. The summed E-state index contributed by atoms with van der Waals surface area (Å²) in [5.41, 5.74) is 1.47. The summed E-state index contributed by atoms with van der Waals surface area (Å²) >= 11 is 13.4. The van der Waals surface area contributed by atoms with Gasteiger partial charge in [0.15, 0.2) is 11.0 Å². The summed E-state index contributed by atoms with van der Waals surface area (Å²) < 4.78 is 7.28. The molecule has 2 aromatic carbocycles. The second-order valence-electron chi connectivity index (χ2n) is 6.50. The molecule has 6 nitrogen and oxygen atoms in total. The zero-order chi connectivity index (χ0) is 21.5. The highest BCUT2D eigenvalue weighted by molar-refractivity contribution is 7.99. The molecule has 0 saturated carbocycles. The van der Waals surface area contributed by atoms with Gasteiger partial charge < -0.3 is 14.6 Å². The van der Waals surface area contributed by atoms with E-state index in [1.54, 1.807) is 25.3 Å². The number of aromatic nitrogens is 3. The minimum Gasteiger partial charge on any atom is -0.497 e. The van der Waals surface area contributed by atoms with Crippen LogP contribution in [0.2, 0.25) is 10.0 Å². The molecule has 1 heterocycles. The van der Waals surface area contributed by atoms with Crippen molar-refractivity contribution in [1.82, 2.24) is 14.8 Å². The molecule has 0 aliphatic heterocycles. The van der Waals surface area contributed by atoms with Crippen LogP contribution < -0.4 is 10.1 Å². The number of unbranched alkanes of at least 4 members (excludes halogenated alkanes) is 1. The highest BCUT2D eigenvalue weighted by Gasteiger charge is 2.16. The Labute approximate surface area is 189 Å². The first-order valence-electron chi connectivity index (χ1n) is 9.47. The summed E-state index contributed by atoms with van der Waals surface area (Å²) in [4.78, 5) is 12.4. The Morgan fingerprint density at radius 3 is 2.60 bits per heavy atom. The van der Waals surface area contributed by atoms with Crippen molar-refractivity contribution in [2.24, 2.45) is 0 Å². The molecule has 0 bridgehead atoms. The van der Waals surface area contributed by atoms with Crippen molar-refractivity contribution < 1.29 is 9.53 Å². The number of ether oxygens (including phenoxy) is 1. The van der Waals surface area contributed by atoms with E-state index in [9.17, 15) is 4.79 Å². The average molecular weight is 465 g/mol. The van der Waals surface area contributed by atoms with Crippen molar-refractivity contribution in [3.05, 3.63) is 52.5 Å². The van der Waals surface area contributed by atoms with Gasteiger partial charge in [0.05, 0.1) is 23.6 Å². The van der Waals surface area contributed by atoms with E-state index in [4.69, 9.17) is 27.9 Å². The first-order chi connectivity index (χ1) is 14.5. The second-order valence-corrected chi connectivity index (χ2v) is 8.29. The molecule has 3 rings (SSSR count). The highest BCUT2D eigenvalue weighted by Crippen LogP contribution is 2.28. The molecule has 158 valence electrons. The minimum absolute atomic E-state index is 0.180. The number of hydrogen-bond acceptors (Lipinski definition) is 5. The second kappa shape index (κ2) is 10.7. The highest BCUT2D eigenvalue weighted by atomic mass is 35.5. The van der Waals surface area contributed by atoms with Gasteiger partial charge in [0.1, 0.15) is 5.75 Å². The van der Waals surface area contributed by atoms with Gasteiger partial charge in [0.2, 0.25) is 5.91 Å². The van der Waals surface area contributed by atoms with Crippen molar-refractivity contribution in [1.29, 1.82) is 0 Å². The predicted octanol–water partition coefficient (Wildman–Crippen LogP) is 5.79. The van der Waals surface area contributed by atoms with Crippen molar-refractivity contribution in [3.8, 4) is 17.1 Å². The Bertz CT molecular complexity index is 1010. The molecule has 0 aliphatic rings. The quantitative estimate of drug-likeness (QED) is 0.405. The van der Waals surface area contributed by atoms with Crippen molar-refractivity contribution in [2.45, 2.75) is 31.5 Å². The van der Waals surface area contributed by atoms with Gasteiger partial charge in [-0.3, -0.25) is 4.79 Å². The van der Waals surface area contributed by atoms with Gasteiger partial charge in [-0.1, -0.05) is 48.3 Å². The number of amides is 1. The third-order valence-electron chi connectivity index (χ3n) is 4.34. The number of carbonyl (C=O) groups is 1. The zero-order valence-corrected chi connectivity index (χ0v) is 19.0. The summed E-state index contributed by atoms with van der Waals surface area (Å²) in [5, 5.41) is 13.1. The molecular formula is C21H22Cl2N4O2S. The fraction of sp³-hybridized carbons (Fsp3) is 0.286. The van der Waals surface area contributed by atoms with Gasteiger partial charge in [-0.25, -0.2) is 0 Å². The molecule has 0 atom stereocenters. The van der Waals surface area contributed by atoms with Gasteiger partial charge in [-0.05, 0) is 48.9 Å². The average Bonchev–Trinajstić information content (AvgIpc) is 3.15. The number of halogens is 2. The number of nitrogens with one attached hydrogen (secondary N) is 1. The van der Waals surface area contributed by atoms with Crippen LogP contribution in [0.5, 0.6) is 5.75 Å². The molecule has 0 aliphatic carbocycles. The molecular weight excluding hydrogens is 443 g/mol. The molecule has 0 fully saturated rings. The van der Waals surface area contributed by atoms with Crippen LogP contribution in [0, 0.1) is 0 Å². The fourth-order valence-corrected chi connectivity index (χ4v) is 3.99. The van der Waals surface area contributed by atoms with Gasteiger partial charge in [0, 0.05) is 17.1 Å². The first kappa shape index (κ1) is 22.5. The number of anilines is 1. The Kier molecular flexibility index (Phi) is 8.01. The topological polar surface area (TPSA) is 69.0 Å². The van der Waals surface area contributed by atoms with E-state index in [-0.39, 0.29) is 11.7 Å². The van der Waals surface area contributed by atoms with E-state index in [1.165, 1.54) is 11.8 Å². The Morgan fingerprint density at radius 2 is 1.93 bits per heavy atom. The van der Waals surface area contributed by atoms with E-state index in [0.717, 1.165) is 36.5 Å². The summed E-state index contributed by atoms with van der Waals surface area (Å²) in [5.74, 6) is 1.56. The Balaban J connectivity index is 1.73. The summed E-state index contributed by atoms with van der Waals surface area (Å²) in [7, 11) is 1.63. The third-order valence-corrected chi connectivity index (χ3v) is 5.85. The van der Waals surface area contributed by atoms with Crippen LogP contribution in [0.25, 0.3) is 11.4 Å². The molecule has 0 radical (unpaired) electrons. The lowest BCUT2D eigenvalue weighted by atomic mass is 10.2. The lowest BCUT2D eigenvalue weighted by Gasteiger charge is -2.10. The van der Waals surface area contributed by atoms with Gasteiger partial charge in [-0.15, -0.1) is 10.2 Å². The number of hydrogen-bond donors (Lipinski definition) is 1. The Hall–Kier alpha value is -2.22. The van der Waals surface area contributed by atoms with Crippen LogP contribution >= 0.6 is 35.0 Å². The van der Waals surface area contributed by atoms with E-state index in [2.05, 4.69) is 27.0 Å². The molecule has 1 aromatic heterocycles. The largest absolute Gasteiger partial charge is 0.497 e.